The van der Waals surface area contributed by atoms with Gasteiger partial charge in [0.05, 0.1) is 6.42 Å². The summed E-state index contributed by atoms with van der Waals surface area (Å²) in [6.45, 7) is 2.71. The summed E-state index contributed by atoms with van der Waals surface area (Å²) < 4.78 is 0. The summed E-state index contributed by atoms with van der Waals surface area (Å²) in [6.07, 6.45) is 4.96. The Bertz CT molecular complexity index is 815. The molecule has 0 bridgehead atoms. The number of rotatable bonds is 5. The number of carbonyl (C=O) groups excluding carboxylic acids is 2. The molecule has 0 spiro atoms. The molecule has 0 radical (unpaired) electrons. The third-order valence-corrected chi connectivity index (χ3v) is 4.49. The Hall–Kier alpha value is -3.19. The quantitative estimate of drug-likeness (QED) is 0.476. The molecule has 1 aromatic heterocycles. The Balaban J connectivity index is 1.62. The van der Waals surface area contributed by atoms with E-state index in [1.165, 1.54) is 6.08 Å². The van der Waals surface area contributed by atoms with Crippen molar-refractivity contribution in [2.75, 3.05) is 31.1 Å². The van der Waals surface area contributed by atoms with E-state index in [1.54, 1.807) is 17.8 Å². The van der Waals surface area contributed by atoms with Gasteiger partial charge in [-0.3, -0.25) is 19.8 Å². The summed E-state index contributed by atoms with van der Waals surface area (Å²) >= 11 is 0. The average Bonchev–Trinajstić information content (AvgIpc) is 2.73. The largest absolute Gasteiger partial charge is 0.367 e. The van der Waals surface area contributed by atoms with Crippen LogP contribution in [0.5, 0.6) is 0 Å². The Morgan fingerprint density at radius 1 is 1.07 bits per heavy atom. The van der Waals surface area contributed by atoms with Crippen LogP contribution in [0.2, 0.25) is 0 Å². The van der Waals surface area contributed by atoms with Crippen LogP contribution in [0.3, 0.4) is 0 Å². The van der Waals surface area contributed by atoms with Gasteiger partial charge in [-0.25, -0.2) is 5.48 Å². The van der Waals surface area contributed by atoms with E-state index in [2.05, 4.69) is 9.88 Å². The second-order valence-corrected chi connectivity index (χ2v) is 6.23. The normalized spacial score (nSPS) is 14.4. The number of amides is 2. The topological polar surface area (TPSA) is 85.8 Å². The van der Waals surface area contributed by atoms with E-state index in [1.807, 2.05) is 47.4 Å². The maximum Gasteiger partial charge on any atom is 0.267 e. The minimum absolute atomic E-state index is 0.0844. The van der Waals surface area contributed by atoms with Crippen molar-refractivity contribution in [3.8, 4) is 0 Å². The van der Waals surface area contributed by atoms with E-state index >= 15 is 0 Å². The first kappa shape index (κ1) is 18.6. The number of benzene rings is 1. The maximum absolute atomic E-state index is 12.5. The van der Waals surface area contributed by atoms with Gasteiger partial charge in [0.15, 0.2) is 0 Å². The highest BCUT2D eigenvalue weighted by Gasteiger charge is 2.22. The van der Waals surface area contributed by atoms with E-state index in [0.29, 0.717) is 32.6 Å². The fourth-order valence-corrected chi connectivity index (χ4v) is 3.09. The second-order valence-electron chi connectivity index (χ2n) is 6.23. The number of pyridine rings is 1. The SMILES string of the molecule is O=C(C=Cc1ccccc1N1CCN(C(=O)Cc2ccccn2)CC1)NO. The van der Waals surface area contributed by atoms with Gasteiger partial charge in [-0.1, -0.05) is 24.3 Å². The molecule has 1 aliphatic heterocycles. The summed E-state index contributed by atoms with van der Waals surface area (Å²) in [5, 5.41) is 8.61. The van der Waals surface area contributed by atoms with Crippen molar-refractivity contribution < 1.29 is 14.8 Å². The van der Waals surface area contributed by atoms with Crippen molar-refractivity contribution in [1.29, 1.82) is 0 Å². The van der Waals surface area contributed by atoms with Gasteiger partial charge in [0.1, 0.15) is 0 Å². The lowest BCUT2D eigenvalue weighted by Crippen LogP contribution is -2.49. The minimum Gasteiger partial charge on any atom is -0.367 e. The standard InChI is InChI=1S/C20H22N4O3/c25-19(22-27)9-8-16-5-1-2-7-18(16)23-11-13-24(14-12-23)20(26)15-17-6-3-4-10-21-17/h1-10,27H,11-15H2,(H,22,25). The molecule has 1 saturated heterocycles. The fraction of sp³-hybridized carbons (Fsp3) is 0.250. The van der Waals surface area contributed by atoms with Gasteiger partial charge in [-0.15, -0.1) is 0 Å². The molecule has 2 amide bonds. The number of nitrogens with zero attached hydrogens (tertiary/aromatic N) is 3. The smallest absolute Gasteiger partial charge is 0.267 e. The molecule has 0 atom stereocenters. The third kappa shape index (κ3) is 4.92. The highest BCUT2D eigenvalue weighted by Crippen LogP contribution is 2.23. The summed E-state index contributed by atoms with van der Waals surface area (Å²) in [7, 11) is 0. The predicted molar refractivity (Wildman–Crippen MR) is 102 cm³/mol. The zero-order valence-corrected chi connectivity index (χ0v) is 14.9. The molecule has 7 heteroatoms. The number of aromatic nitrogens is 1. The Labute approximate surface area is 157 Å². The van der Waals surface area contributed by atoms with Gasteiger partial charge in [-0.2, -0.15) is 0 Å². The molecule has 140 valence electrons. The first-order chi connectivity index (χ1) is 13.2. The minimum atomic E-state index is -0.574. The average molecular weight is 366 g/mol. The number of hydrogen-bond acceptors (Lipinski definition) is 5. The van der Waals surface area contributed by atoms with Crippen molar-refractivity contribution in [2.24, 2.45) is 0 Å². The van der Waals surface area contributed by atoms with Crippen LogP contribution in [-0.2, 0) is 16.0 Å². The van der Waals surface area contributed by atoms with E-state index in [9.17, 15) is 9.59 Å². The Morgan fingerprint density at radius 3 is 2.52 bits per heavy atom. The van der Waals surface area contributed by atoms with Crippen molar-refractivity contribution in [3.05, 3.63) is 66.0 Å². The molecular weight excluding hydrogens is 344 g/mol. The number of anilines is 1. The predicted octanol–water partition coefficient (Wildman–Crippen LogP) is 1.49. The molecule has 2 heterocycles. The summed E-state index contributed by atoms with van der Waals surface area (Å²) in [5.41, 5.74) is 4.24. The van der Waals surface area contributed by atoms with Gasteiger partial charge >= 0.3 is 0 Å². The maximum atomic E-state index is 12.5. The van der Waals surface area contributed by atoms with Crippen molar-refractivity contribution in [3.63, 3.8) is 0 Å². The molecule has 2 N–H and O–H groups in total. The van der Waals surface area contributed by atoms with Crippen molar-refractivity contribution in [2.45, 2.75) is 6.42 Å². The Kier molecular flexibility index (Phi) is 6.17. The van der Waals surface area contributed by atoms with Gasteiger partial charge in [0, 0.05) is 49.8 Å². The lowest BCUT2D eigenvalue weighted by molar-refractivity contribution is -0.130. The number of hydroxylamine groups is 1. The van der Waals surface area contributed by atoms with Crippen molar-refractivity contribution >= 4 is 23.6 Å². The second kappa shape index (κ2) is 8.95. The zero-order chi connectivity index (χ0) is 19.1. The van der Waals surface area contributed by atoms with Crippen LogP contribution < -0.4 is 10.4 Å². The van der Waals surface area contributed by atoms with Crippen LogP contribution in [0, 0.1) is 0 Å². The molecule has 3 rings (SSSR count). The highest BCUT2D eigenvalue weighted by atomic mass is 16.5. The first-order valence-electron chi connectivity index (χ1n) is 8.81. The first-order valence-corrected chi connectivity index (χ1v) is 8.81. The van der Waals surface area contributed by atoms with E-state index in [0.717, 1.165) is 16.9 Å². The molecule has 0 unspecified atom stereocenters. The lowest BCUT2D eigenvalue weighted by Gasteiger charge is -2.36. The summed E-state index contributed by atoms with van der Waals surface area (Å²) in [4.78, 5) is 32.0. The summed E-state index contributed by atoms with van der Waals surface area (Å²) in [5.74, 6) is -0.490. The van der Waals surface area contributed by atoms with Crippen molar-refractivity contribution in [1.82, 2.24) is 15.4 Å². The lowest BCUT2D eigenvalue weighted by atomic mass is 10.1. The summed E-state index contributed by atoms with van der Waals surface area (Å²) in [6, 6.07) is 13.3. The van der Waals surface area contributed by atoms with Crippen LogP contribution in [-0.4, -0.2) is 53.1 Å². The van der Waals surface area contributed by atoms with Crippen LogP contribution in [0.1, 0.15) is 11.3 Å². The molecule has 1 aliphatic rings. The third-order valence-electron chi connectivity index (χ3n) is 4.49. The van der Waals surface area contributed by atoms with Crippen LogP contribution in [0.25, 0.3) is 6.08 Å². The molecule has 7 nitrogen and oxygen atoms in total. The van der Waals surface area contributed by atoms with Gasteiger partial charge in [0.25, 0.3) is 5.91 Å². The van der Waals surface area contributed by atoms with Gasteiger partial charge in [0.2, 0.25) is 5.91 Å². The number of para-hydroxylation sites is 1. The van der Waals surface area contributed by atoms with Gasteiger partial charge in [-0.05, 0) is 29.8 Å². The number of piperazine rings is 1. The van der Waals surface area contributed by atoms with Crippen LogP contribution in [0.4, 0.5) is 5.69 Å². The van der Waals surface area contributed by atoms with Gasteiger partial charge < -0.3 is 9.80 Å². The number of carbonyl (C=O) groups is 2. The van der Waals surface area contributed by atoms with Crippen LogP contribution in [0.15, 0.2) is 54.7 Å². The van der Waals surface area contributed by atoms with E-state index in [4.69, 9.17) is 5.21 Å². The highest BCUT2D eigenvalue weighted by molar-refractivity contribution is 5.91. The number of nitrogens with one attached hydrogen (secondary N) is 1. The Morgan fingerprint density at radius 2 is 1.81 bits per heavy atom. The molecule has 0 saturated carbocycles. The molecule has 2 aromatic rings. The number of hydrogen-bond donors (Lipinski definition) is 2. The zero-order valence-electron chi connectivity index (χ0n) is 14.9. The van der Waals surface area contributed by atoms with E-state index < -0.39 is 5.91 Å². The van der Waals surface area contributed by atoms with E-state index in [-0.39, 0.29) is 5.91 Å². The monoisotopic (exact) mass is 366 g/mol. The van der Waals surface area contributed by atoms with Crippen LogP contribution >= 0.6 is 0 Å². The molecule has 1 aromatic carbocycles. The molecular formula is C20H22N4O3. The molecule has 27 heavy (non-hydrogen) atoms. The molecule has 0 aliphatic carbocycles. The fourth-order valence-electron chi connectivity index (χ4n) is 3.09. The molecule has 1 fully saturated rings.